The average molecular weight is 268 g/mol. The molecule has 2 heterocycles. The first-order valence-electron chi connectivity index (χ1n) is 6.49. The van der Waals surface area contributed by atoms with Crippen molar-refractivity contribution < 1.29 is 9.53 Å². The van der Waals surface area contributed by atoms with Gasteiger partial charge >= 0.3 is 0 Å². The van der Waals surface area contributed by atoms with Crippen LogP contribution < -0.4 is 0 Å². The summed E-state index contributed by atoms with van der Waals surface area (Å²) < 4.78 is 5.03. The first-order chi connectivity index (χ1) is 8.79. The van der Waals surface area contributed by atoms with Gasteiger partial charge in [0.1, 0.15) is 5.01 Å². The van der Waals surface area contributed by atoms with E-state index in [9.17, 15) is 4.79 Å². The van der Waals surface area contributed by atoms with Crippen LogP contribution in [-0.4, -0.2) is 36.0 Å². The number of carbonyl (C=O) groups excluding carboxylic acids is 1. The number of thiazole rings is 1. The molecule has 1 aromatic heterocycles. The third kappa shape index (κ3) is 3.78. The third-order valence-electron chi connectivity index (χ3n) is 3.16. The summed E-state index contributed by atoms with van der Waals surface area (Å²) in [5.41, 5.74) is 0.876. The number of nitrogens with zero attached hydrogens (tertiary/aromatic N) is 2. The molecule has 0 atom stereocenters. The lowest BCUT2D eigenvalue weighted by atomic mass is 10.2. The lowest BCUT2D eigenvalue weighted by Gasteiger charge is -2.19. The van der Waals surface area contributed by atoms with E-state index >= 15 is 0 Å². The summed E-state index contributed by atoms with van der Waals surface area (Å²) in [5, 5.41) is 2.90. The second kappa shape index (κ2) is 6.85. The summed E-state index contributed by atoms with van der Waals surface area (Å²) in [7, 11) is 1.66. The van der Waals surface area contributed by atoms with Crippen LogP contribution in [0.15, 0.2) is 5.38 Å². The molecule has 18 heavy (non-hydrogen) atoms. The molecule has 0 aromatic carbocycles. The Balaban J connectivity index is 1.88. The second-order valence-corrected chi connectivity index (χ2v) is 5.58. The summed E-state index contributed by atoms with van der Waals surface area (Å²) in [6.45, 7) is 2.35. The monoisotopic (exact) mass is 268 g/mol. The summed E-state index contributed by atoms with van der Waals surface area (Å²) in [5.74, 6) is 0.214. The molecule has 4 nitrogen and oxygen atoms in total. The van der Waals surface area contributed by atoms with Crippen LogP contribution in [0.5, 0.6) is 0 Å². The molecular weight excluding hydrogens is 248 g/mol. The standard InChI is InChI=1S/C13H20N2O2S/c1-17-9-12-14-11(10-18-12)8-13(16)15-6-4-2-3-5-7-15/h10H,2-9H2,1H3. The first kappa shape index (κ1) is 13.5. The number of ether oxygens (including phenoxy) is 1. The van der Waals surface area contributed by atoms with E-state index in [2.05, 4.69) is 4.98 Å². The highest BCUT2D eigenvalue weighted by molar-refractivity contribution is 7.09. The predicted molar refractivity (Wildman–Crippen MR) is 71.6 cm³/mol. The lowest BCUT2D eigenvalue weighted by molar-refractivity contribution is -0.130. The van der Waals surface area contributed by atoms with Crippen LogP contribution in [-0.2, 0) is 22.6 Å². The van der Waals surface area contributed by atoms with Gasteiger partial charge in [-0.1, -0.05) is 12.8 Å². The van der Waals surface area contributed by atoms with E-state index in [-0.39, 0.29) is 5.91 Å². The summed E-state index contributed by atoms with van der Waals surface area (Å²) in [6.07, 6.45) is 5.20. The fraction of sp³-hybridized carbons (Fsp3) is 0.692. The molecule has 0 N–H and O–H groups in total. The molecule has 0 aliphatic carbocycles. The van der Waals surface area contributed by atoms with E-state index in [4.69, 9.17) is 4.74 Å². The fourth-order valence-electron chi connectivity index (χ4n) is 2.21. The molecule has 100 valence electrons. The van der Waals surface area contributed by atoms with Crippen molar-refractivity contribution in [2.24, 2.45) is 0 Å². The number of methoxy groups -OCH3 is 1. The highest BCUT2D eigenvalue weighted by Crippen LogP contribution is 2.14. The van der Waals surface area contributed by atoms with Gasteiger partial charge in [0.05, 0.1) is 18.7 Å². The Kier molecular flexibility index (Phi) is 5.13. The van der Waals surface area contributed by atoms with E-state index in [1.165, 1.54) is 12.8 Å². The van der Waals surface area contributed by atoms with Gasteiger partial charge in [0.25, 0.3) is 0 Å². The minimum absolute atomic E-state index is 0.214. The zero-order chi connectivity index (χ0) is 12.8. The maximum Gasteiger partial charge on any atom is 0.228 e. The summed E-state index contributed by atoms with van der Waals surface area (Å²) in [6, 6.07) is 0. The van der Waals surface area contributed by atoms with Crippen molar-refractivity contribution in [3.63, 3.8) is 0 Å². The van der Waals surface area contributed by atoms with Crippen LogP contribution in [0.1, 0.15) is 36.4 Å². The smallest absolute Gasteiger partial charge is 0.228 e. The molecule has 0 radical (unpaired) electrons. The predicted octanol–water partition coefficient (Wildman–Crippen LogP) is 2.23. The van der Waals surface area contributed by atoms with Gasteiger partial charge in [0, 0.05) is 25.6 Å². The summed E-state index contributed by atoms with van der Waals surface area (Å²) in [4.78, 5) is 18.5. The maximum absolute atomic E-state index is 12.1. The van der Waals surface area contributed by atoms with Crippen molar-refractivity contribution in [2.75, 3.05) is 20.2 Å². The first-order valence-corrected chi connectivity index (χ1v) is 7.37. The van der Waals surface area contributed by atoms with Crippen LogP contribution in [0.2, 0.25) is 0 Å². The molecule has 1 fully saturated rings. The normalized spacial score (nSPS) is 16.6. The molecule has 1 amide bonds. The van der Waals surface area contributed by atoms with Crippen LogP contribution >= 0.6 is 11.3 Å². The molecule has 2 rings (SSSR count). The van der Waals surface area contributed by atoms with Crippen molar-refractivity contribution in [2.45, 2.75) is 38.7 Å². The van der Waals surface area contributed by atoms with Crippen LogP contribution in [0.4, 0.5) is 0 Å². The van der Waals surface area contributed by atoms with Gasteiger partial charge in [-0.05, 0) is 12.8 Å². The van der Waals surface area contributed by atoms with Crippen LogP contribution in [0.3, 0.4) is 0 Å². The molecule has 1 aliphatic rings. The zero-order valence-corrected chi connectivity index (χ0v) is 11.7. The maximum atomic E-state index is 12.1. The third-order valence-corrected chi connectivity index (χ3v) is 4.03. The molecule has 1 aliphatic heterocycles. The Bertz CT molecular complexity index is 384. The van der Waals surface area contributed by atoms with Crippen molar-refractivity contribution in [3.8, 4) is 0 Å². The van der Waals surface area contributed by atoms with Crippen LogP contribution in [0, 0.1) is 0 Å². The number of carbonyl (C=O) groups is 1. The van der Waals surface area contributed by atoms with Crippen molar-refractivity contribution in [3.05, 3.63) is 16.1 Å². The molecule has 1 saturated heterocycles. The van der Waals surface area contributed by atoms with Crippen molar-refractivity contribution >= 4 is 17.2 Å². The molecule has 0 bridgehead atoms. The highest BCUT2D eigenvalue weighted by Gasteiger charge is 2.16. The van der Waals surface area contributed by atoms with Gasteiger partial charge < -0.3 is 9.64 Å². The minimum atomic E-state index is 0.214. The van der Waals surface area contributed by atoms with Gasteiger partial charge in [-0.25, -0.2) is 4.98 Å². The van der Waals surface area contributed by atoms with Gasteiger partial charge in [-0.2, -0.15) is 0 Å². The van der Waals surface area contributed by atoms with E-state index in [0.717, 1.165) is 36.6 Å². The SMILES string of the molecule is COCc1nc(CC(=O)N2CCCCCC2)cs1. The fourth-order valence-corrected chi connectivity index (χ4v) is 2.97. The van der Waals surface area contributed by atoms with E-state index < -0.39 is 0 Å². The Morgan fingerprint density at radius 3 is 2.78 bits per heavy atom. The zero-order valence-electron chi connectivity index (χ0n) is 10.9. The Morgan fingerprint density at radius 1 is 1.39 bits per heavy atom. The average Bonchev–Trinajstić information content (AvgIpc) is 2.65. The minimum Gasteiger partial charge on any atom is -0.378 e. The summed E-state index contributed by atoms with van der Waals surface area (Å²) >= 11 is 1.56. The Morgan fingerprint density at radius 2 is 2.11 bits per heavy atom. The van der Waals surface area contributed by atoms with Gasteiger partial charge in [-0.15, -0.1) is 11.3 Å². The van der Waals surface area contributed by atoms with Crippen molar-refractivity contribution in [1.82, 2.24) is 9.88 Å². The van der Waals surface area contributed by atoms with E-state index in [1.54, 1.807) is 18.4 Å². The quantitative estimate of drug-likeness (QED) is 0.841. The number of hydrogen-bond donors (Lipinski definition) is 0. The molecule has 0 unspecified atom stereocenters. The molecule has 0 spiro atoms. The molecular formula is C13H20N2O2S. The number of rotatable bonds is 4. The topological polar surface area (TPSA) is 42.4 Å². The number of aromatic nitrogens is 1. The lowest BCUT2D eigenvalue weighted by Crippen LogP contribution is -2.33. The molecule has 0 saturated carbocycles. The van der Waals surface area contributed by atoms with Crippen molar-refractivity contribution in [1.29, 1.82) is 0 Å². The number of likely N-dealkylation sites (tertiary alicyclic amines) is 1. The molecule has 5 heteroatoms. The van der Waals surface area contributed by atoms with E-state index in [1.807, 2.05) is 10.3 Å². The van der Waals surface area contributed by atoms with Crippen LogP contribution in [0.25, 0.3) is 0 Å². The van der Waals surface area contributed by atoms with E-state index in [0.29, 0.717) is 13.0 Å². The largest absolute Gasteiger partial charge is 0.378 e. The molecule has 1 aromatic rings. The second-order valence-electron chi connectivity index (χ2n) is 4.64. The van der Waals surface area contributed by atoms with Gasteiger partial charge in [-0.3, -0.25) is 4.79 Å². The van der Waals surface area contributed by atoms with Gasteiger partial charge in [0.2, 0.25) is 5.91 Å². The Labute approximate surface area is 112 Å². The highest BCUT2D eigenvalue weighted by atomic mass is 32.1. The number of hydrogen-bond acceptors (Lipinski definition) is 4. The Hall–Kier alpha value is -0.940. The van der Waals surface area contributed by atoms with Gasteiger partial charge in [0.15, 0.2) is 0 Å². The number of amides is 1.